The molecule has 17 heavy (non-hydrogen) atoms. The highest BCUT2D eigenvalue weighted by molar-refractivity contribution is 4.86. The van der Waals surface area contributed by atoms with E-state index in [4.69, 9.17) is 10.5 Å². The van der Waals surface area contributed by atoms with Gasteiger partial charge in [0.05, 0.1) is 6.61 Å². The minimum atomic E-state index is 0.667. The van der Waals surface area contributed by atoms with Crippen molar-refractivity contribution in [2.75, 3.05) is 33.9 Å². The number of ether oxygens (including phenoxy) is 1. The van der Waals surface area contributed by atoms with Crippen molar-refractivity contribution in [3.8, 4) is 0 Å². The molecule has 1 aliphatic rings. The predicted octanol–water partition coefficient (Wildman–Crippen LogP) is 2.11. The molecule has 0 amide bonds. The highest BCUT2D eigenvalue weighted by Crippen LogP contribution is 2.33. The van der Waals surface area contributed by atoms with Crippen molar-refractivity contribution < 1.29 is 4.74 Å². The van der Waals surface area contributed by atoms with E-state index in [2.05, 4.69) is 18.9 Å². The van der Waals surface area contributed by atoms with Crippen molar-refractivity contribution in [1.82, 2.24) is 4.90 Å². The van der Waals surface area contributed by atoms with Crippen LogP contribution in [0.4, 0.5) is 0 Å². The van der Waals surface area contributed by atoms with Crippen LogP contribution in [0.15, 0.2) is 0 Å². The largest absolute Gasteiger partial charge is 0.383 e. The first-order valence-corrected chi connectivity index (χ1v) is 7.12. The summed E-state index contributed by atoms with van der Waals surface area (Å²) in [6, 6.07) is 0.667. The van der Waals surface area contributed by atoms with Crippen molar-refractivity contribution in [2.24, 2.45) is 17.6 Å². The minimum Gasteiger partial charge on any atom is -0.383 e. The van der Waals surface area contributed by atoms with Gasteiger partial charge in [-0.15, -0.1) is 0 Å². The van der Waals surface area contributed by atoms with E-state index < -0.39 is 0 Å². The van der Waals surface area contributed by atoms with Crippen LogP contribution in [0.2, 0.25) is 0 Å². The summed E-state index contributed by atoms with van der Waals surface area (Å²) in [6.07, 6.45) is 6.71. The summed E-state index contributed by atoms with van der Waals surface area (Å²) < 4.78 is 5.17. The highest BCUT2D eigenvalue weighted by Gasteiger charge is 2.31. The molecular formula is C14H30N2O. The first-order valence-electron chi connectivity index (χ1n) is 7.12. The Labute approximate surface area is 107 Å². The van der Waals surface area contributed by atoms with Crippen LogP contribution in [0.5, 0.6) is 0 Å². The fourth-order valence-corrected chi connectivity index (χ4v) is 3.18. The zero-order valence-corrected chi connectivity index (χ0v) is 11.8. The molecule has 0 saturated heterocycles. The second-order valence-electron chi connectivity index (χ2n) is 5.50. The standard InChI is InChI=1S/C14H30N2O/c1-4-5-12-6-7-13(11-15)14(10-12)16(2)8-9-17-3/h12-14H,4-11,15H2,1-3H3. The van der Waals surface area contributed by atoms with Crippen LogP contribution in [0.3, 0.4) is 0 Å². The Morgan fingerprint density at radius 1 is 1.35 bits per heavy atom. The summed E-state index contributed by atoms with van der Waals surface area (Å²) in [6.45, 7) is 4.97. The maximum atomic E-state index is 5.92. The summed E-state index contributed by atoms with van der Waals surface area (Å²) in [5.74, 6) is 1.60. The lowest BCUT2D eigenvalue weighted by atomic mass is 9.76. The molecule has 102 valence electrons. The number of likely N-dealkylation sites (N-methyl/N-ethyl adjacent to an activating group) is 1. The Kier molecular flexibility index (Phi) is 7.09. The molecule has 3 unspecified atom stereocenters. The number of nitrogens with two attached hydrogens (primary N) is 1. The summed E-state index contributed by atoms with van der Waals surface area (Å²) in [5.41, 5.74) is 5.92. The van der Waals surface area contributed by atoms with Gasteiger partial charge in [-0.3, -0.25) is 0 Å². The molecule has 0 bridgehead atoms. The second kappa shape index (κ2) is 8.06. The van der Waals surface area contributed by atoms with Gasteiger partial charge < -0.3 is 15.4 Å². The monoisotopic (exact) mass is 242 g/mol. The molecule has 3 atom stereocenters. The van der Waals surface area contributed by atoms with Crippen LogP contribution in [-0.4, -0.2) is 44.8 Å². The Morgan fingerprint density at radius 3 is 2.71 bits per heavy atom. The molecule has 1 aliphatic carbocycles. The zero-order valence-electron chi connectivity index (χ0n) is 11.8. The van der Waals surface area contributed by atoms with Gasteiger partial charge in [0, 0.05) is 19.7 Å². The third-order valence-electron chi connectivity index (χ3n) is 4.28. The maximum absolute atomic E-state index is 5.92. The van der Waals surface area contributed by atoms with Gasteiger partial charge in [0.15, 0.2) is 0 Å². The van der Waals surface area contributed by atoms with Crippen molar-refractivity contribution >= 4 is 0 Å². The van der Waals surface area contributed by atoms with Crippen LogP contribution >= 0.6 is 0 Å². The van der Waals surface area contributed by atoms with Crippen molar-refractivity contribution in [3.05, 3.63) is 0 Å². The fourth-order valence-electron chi connectivity index (χ4n) is 3.18. The number of methoxy groups -OCH3 is 1. The summed E-state index contributed by atoms with van der Waals surface area (Å²) in [5, 5.41) is 0. The maximum Gasteiger partial charge on any atom is 0.0589 e. The van der Waals surface area contributed by atoms with Gasteiger partial charge in [-0.1, -0.05) is 26.2 Å². The molecule has 1 fully saturated rings. The number of nitrogens with zero attached hydrogens (tertiary/aromatic N) is 1. The molecule has 0 aromatic carbocycles. The molecule has 0 aromatic rings. The van der Waals surface area contributed by atoms with Gasteiger partial charge in [0.25, 0.3) is 0 Å². The Hall–Kier alpha value is -0.120. The van der Waals surface area contributed by atoms with Crippen molar-refractivity contribution in [2.45, 2.75) is 45.1 Å². The second-order valence-corrected chi connectivity index (χ2v) is 5.50. The molecule has 1 saturated carbocycles. The van der Waals surface area contributed by atoms with E-state index in [1.54, 1.807) is 7.11 Å². The van der Waals surface area contributed by atoms with Crippen molar-refractivity contribution in [1.29, 1.82) is 0 Å². The lowest BCUT2D eigenvalue weighted by molar-refractivity contribution is 0.0738. The quantitative estimate of drug-likeness (QED) is 0.743. The first-order chi connectivity index (χ1) is 8.22. The van der Waals surface area contributed by atoms with E-state index in [1.807, 2.05) is 0 Å². The number of hydrogen-bond donors (Lipinski definition) is 1. The third-order valence-corrected chi connectivity index (χ3v) is 4.28. The molecular weight excluding hydrogens is 212 g/mol. The van der Waals surface area contributed by atoms with Gasteiger partial charge in [-0.05, 0) is 38.3 Å². The van der Waals surface area contributed by atoms with Crippen molar-refractivity contribution in [3.63, 3.8) is 0 Å². The third kappa shape index (κ3) is 4.57. The van der Waals surface area contributed by atoms with Crippen LogP contribution in [0, 0.1) is 11.8 Å². The Morgan fingerprint density at radius 2 is 2.12 bits per heavy atom. The lowest BCUT2D eigenvalue weighted by Gasteiger charge is -2.41. The Balaban J connectivity index is 2.49. The van der Waals surface area contributed by atoms with E-state index >= 15 is 0 Å². The SMILES string of the molecule is CCCC1CCC(CN)C(N(C)CCOC)C1. The molecule has 0 radical (unpaired) electrons. The van der Waals surface area contributed by atoms with Crippen LogP contribution in [-0.2, 0) is 4.74 Å². The van der Waals surface area contributed by atoms with E-state index in [9.17, 15) is 0 Å². The molecule has 0 aliphatic heterocycles. The van der Waals surface area contributed by atoms with E-state index in [0.29, 0.717) is 12.0 Å². The van der Waals surface area contributed by atoms with E-state index in [0.717, 1.165) is 25.6 Å². The molecule has 0 aromatic heterocycles. The van der Waals surface area contributed by atoms with Gasteiger partial charge in [0.2, 0.25) is 0 Å². The number of hydrogen-bond acceptors (Lipinski definition) is 3. The van der Waals surface area contributed by atoms with Gasteiger partial charge in [-0.2, -0.15) is 0 Å². The Bertz CT molecular complexity index is 199. The highest BCUT2D eigenvalue weighted by atomic mass is 16.5. The first kappa shape index (κ1) is 14.9. The molecule has 3 nitrogen and oxygen atoms in total. The zero-order chi connectivity index (χ0) is 12.7. The van der Waals surface area contributed by atoms with Gasteiger partial charge in [0.1, 0.15) is 0 Å². The summed E-state index contributed by atoms with van der Waals surface area (Å²) >= 11 is 0. The average molecular weight is 242 g/mol. The average Bonchev–Trinajstić information content (AvgIpc) is 2.36. The number of rotatable bonds is 7. The van der Waals surface area contributed by atoms with Crippen LogP contribution in [0.25, 0.3) is 0 Å². The smallest absolute Gasteiger partial charge is 0.0589 e. The van der Waals surface area contributed by atoms with Crippen LogP contribution in [0.1, 0.15) is 39.0 Å². The predicted molar refractivity (Wildman–Crippen MR) is 73.1 cm³/mol. The molecule has 0 spiro atoms. The molecule has 1 rings (SSSR count). The fraction of sp³-hybridized carbons (Fsp3) is 1.00. The summed E-state index contributed by atoms with van der Waals surface area (Å²) in [7, 11) is 4.00. The van der Waals surface area contributed by atoms with Gasteiger partial charge >= 0.3 is 0 Å². The normalized spacial score (nSPS) is 29.8. The topological polar surface area (TPSA) is 38.5 Å². The minimum absolute atomic E-state index is 0.667. The van der Waals surface area contributed by atoms with E-state index in [-0.39, 0.29) is 0 Å². The molecule has 0 heterocycles. The summed E-state index contributed by atoms with van der Waals surface area (Å²) in [4.78, 5) is 2.46. The lowest BCUT2D eigenvalue weighted by Crippen LogP contribution is -2.46. The molecule has 2 N–H and O–H groups in total. The van der Waals surface area contributed by atoms with E-state index in [1.165, 1.54) is 32.1 Å². The van der Waals surface area contributed by atoms with Gasteiger partial charge in [-0.25, -0.2) is 0 Å². The molecule has 3 heteroatoms. The van der Waals surface area contributed by atoms with Crippen LogP contribution < -0.4 is 5.73 Å².